The summed E-state index contributed by atoms with van der Waals surface area (Å²) in [6.07, 6.45) is 1.10. The molecule has 132 valence electrons. The number of fused-ring (bicyclic) bond motifs is 1. The second-order valence-electron chi connectivity index (χ2n) is 6.17. The Labute approximate surface area is 145 Å². The Morgan fingerprint density at radius 1 is 1.24 bits per heavy atom. The minimum Gasteiger partial charge on any atom is -0.352 e. The SMILES string of the molecule is Cc1cc2n(n1)CCCN2C(=O)CCC(=O)NCc1cccc(F)c1. The molecule has 2 aromatic rings. The lowest BCUT2D eigenvalue weighted by Crippen LogP contribution is -2.38. The molecule has 1 N–H and O–H groups in total. The first kappa shape index (κ1) is 17.1. The van der Waals surface area contributed by atoms with E-state index in [1.165, 1.54) is 12.1 Å². The van der Waals surface area contributed by atoms with Gasteiger partial charge >= 0.3 is 0 Å². The van der Waals surface area contributed by atoms with Gasteiger partial charge in [0.05, 0.1) is 5.69 Å². The van der Waals surface area contributed by atoms with Crippen molar-refractivity contribution in [1.29, 1.82) is 0 Å². The van der Waals surface area contributed by atoms with E-state index in [4.69, 9.17) is 0 Å². The zero-order valence-corrected chi connectivity index (χ0v) is 14.2. The van der Waals surface area contributed by atoms with Crippen molar-refractivity contribution in [3.63, 3.8) is 0 Å². The predicted molar refractivity (Wildman–Crippen MR) is 91.4 cm³/mol. The Morgan fingerprint density at radius 3 is 2.88 bits per heavy atom. The van der Waals surface area contributed by atoms with Gasteiger partial charge in [-0.1, -0.05) is 12.1 Å². The summed E-state index contributed by atoms with van der Waals surface area (Å²) in [5.74, 6) is 0.161. The summed E-state index contributed by atoms with van der Waals surface area (Å²) in [7, 11) is 0. The van der Waals surface area contributed by atoms with Crippen LogP contribution in [0, 0.1) is 12.7 Å². The smallest absolute Gasteiger partial charge is 0.228 e. The number of amides is 2. The molecule has 0 aliphatic carbocycles. The van der Waals surface area contributed by atoms with E-state index in [0.717, 1.165) is 24.5 Å². The molecule has 6 nitrogen and oxygen atoms in total. The molecule has 0 saturated carbocycles. The van der Waals surface area contributed by atoms with Gasteiger partial charge in [-0.2, -0.15) is 5.10 Å². The van der Waals surface area contributed by atoms with Crippen molar-refractivity contribution in [2.24, 2.45) is 0 Å². The van der Waals surface area contributed by atoms with E-state index < -0.39 is 0 Å². The lowest BCUT2D eigenvalue weighted by atomic mass is 10.2. The van der Waals surface area contributed by atoms with Crippen molar-refractivity contribution in [3.8, 4) is 0 Å². The summed E-state index contributed by atoms with van der Waals surface area (Å²) in [5, 5.41) is 7.08. The maximum atomic E-state index is 13.1. The Morgan fingerprint density at radius 2 is 2.08 bits per heavy atom. The lowest BCUT2D eigenvalue weighted by Gasteiger charge is -2.27. The van der Waals surface area contributed by atoms with E-state index >= 15 is 0 Å². The highest BCUT2D eigenvalue weighted by Gasteiger charge is 2.24. The Hall–Kier alpha value is -2.70. The van der Waals surface area contributed by atoms with E-state index in [1.54, 1.807) is 17.0 Å². The normalized spacial score (nSPS) is 13.4. The van der Waals surface area contributed by atoms with Crippen LogP contribution in [0.1, 0.15) is 30.5 Å². The quantitative estimate of drug-likeness (QED) is 0.904. The van der Waals surface area contributed by atoms with Crippen molar-refractivity contribution in [3.05, 3.63) is 47.4 Å². The Bertz CT molecular complexity index is 787. The second kappa shape index (κ2) is 7.46. The number of aromatic nitrogens is 2. The average Bonchev–Trinajstić information content (AvgIpc) is 2.98. The summed E-state index contributed by atoms with van der Waals surface area (Å²) in [5.41, 5.74) is 1.57. The van der Waals surface area contributed by atoms with Gasteiger partial charge in [-0.05, 0) is 31.0 Å². The molecule has 2 heterocycles. The van der Waals surface area contributed by atoms with Gasteiger partial charge in [0.2, 0.25) is 11.8 Å². The minimum atomic E-state index is -0.334. The molecule has 0 radical (unpaired) electrons. The summed E-state index contributed by atoms with van der Waals surface area (Å²) in [6.45, 7) is 3.60. The molecule has 3 rings (SSSR count). The number of carbonyl (C=O) groups excluding carboxylic acids is 2. The first-order valence-electron chi connectivity index (χ1n) is 8.39. The van der Waals surface area contributed by atoms with Gasteiger partial charge in [0, 0.05) is 38.5 Å². The average molecular weight is 344 g/mol. The van der Waals surface area contributed by atoms with E-state index in [0.29, 0.717) is 12.1 Å². The lowest BCUT2D eigenvalue weighted by molar-refractivity contribution is -0.125. The van der Waals surface area contributed by atoms with Crippen LogP contribution in [0.2, 0.25) is 0 Å². The number of rotatable bonds is 5. The number of anilines is 1. The van der Waals surface area contributed by atoms with Gasteiger partial charge in [-0.15, -0.1) is 0 Å². The zero-order valence-electron chi connectivity index (χ0n) is 14.2. The number of benzene rings is 1. The van der Waals surface area contributed by atoms with Crippen LogP contribution in [0.4, 0.5) is 10.2 Å². The van der Waals surface area contributed by atoms with Gasteiger partial charge < -0.3 is 5.32 Å². The summed E-state index contributed by atoms with van der Waals surface area (Å²) < 4.78 is 14.9. The molecular formula is C18H21FN4O2. The molecule has 0 bridgehead atoms. The minimum absolute atomic E-state index is 0.0817. The molecule has 25 heavy (non-hydrogen) atoms. The van der Waals surface area contributed by atoms with Gasteiger partial charge in [0.1, 0.15) is 11.6 Å². The first-order chi connectivity index (χ1) is 12.0. The molecule has 0 saturated heterocycles. The highest BCUT2D eigenvalue weighted by molar-refractivity contribution is 5.95. The van der Waals surface area contributed by atoms with Crippen LogP contribution in [0.15, 0.2) is 30.3 Å². The highest BCUT2D eigenvalue weighted by atomic mass is 19.1. The fourth-order valence-corrected chi connectivity index (χ4v) is 2.95. The number of carbonyl (C=O) groups is 2. The van der Waals surface area contributed by atoms with Crippen molar-refractivity contribution >= 4 is 17.6 Å². The number of nitrogens with zero attached hydrogens (tertiary/aromatic N) is 3. The number of halogens is 1. The molecule has 0 unspecified atom stereocenters. The van der Waals surface area contributed by atoms with Crippen LogP contribution >= 0.6 is 0 Å². The molecule has 0 spiro atoms. The third-order valence-corrected chi connectivity index (χ3v) is 4.15. The van der Waals surface area contributed by atoms with E-state index in [2.05, 4.69) is 10.4 Å². The van der Waals surface area contributed by atoms with Gasteiger partial charge in [-0.3, -0.25) is 14.5 Å². The third kappa shape index (κ3) is 4.23. The van der Waals surface area contributed by atoms with Crippen molar-refractivity contribution in [2.75, 3.05) is 11.4 Å². The molecular weight excluding hydrogens is 323 g/mol. The monoisotopic (exact) mass is 344 g/mol. The standard InChI is InChI=1S/C18H21FN4O2/c1-13-10-17-22(8-3-9-23(17)21-13)18(25)7-6-16(24)20-12-14-4-2-5-15(19)11-14/h2,4-5,10-11H,3,6-9,12H2,1H3,(H,20,24). The van der Waals surface area contributed by atoms with E-state index in [1.807, 2.05) is 17.7 Å². The second-order valence-corrected chi connectivity index (χ2v) is 6.17. The van der Waals surface area contributed by atoms with Gasteiger partial charge in [0.25, 0.3) is 0 Å². The predicted octanol–water partition coefficient (Wildman–Crippen LogP) is 2.16. The molecule has 0 atom stereocenters. The zero-order chi connectivity index (χ0) is 17.8. The summed E-state index contributed by atoms with van der Waals surface area (Å²) >= 11 is 0. The van der Waals surface area contributed by atoms with Gasteiger partial charge in [0.15, 0.2) is 0 Å². The van der Waals surface area contributed by atoms with E-state index in [-0.39, 0.29) is 37.0 Å². The number of hydrogen-bond acceptors (Lipinski definition) is 3. The molecule has 7 heteroatoms. The number of hydrogen-bond donors (Lipinski definition) is 1. The molecule has 1 aliphatic rings. The molecule has 2 amide bonds. The van der Waals surface area contributed by atoms with Crippen molar-refractivity contribution in [2.45, 2.75) is 39.3 Å². The highest BCUT2D eigenvalue weighted by Crippen LogP contribution is 2.22. The first-order valence-corrected chi connectivity index (χ1v) is 8.39. The third-order valence-electron chi connectivity index (χ3n) is 4.15. The van der Waals surface area contributed by atoms with Gasteiger partial charge in [-0.25, -0.2) is 9.07 Å². The summed E-state index contributed by atoms with van der Waals surface area (Å²) in [4.78, 5) is 26.1. The maximum Gasteiger partial charge on any atom is 0.228 e. The van der Waals surface area contributed by atoms with Crippen LogP contribution in [0.3, 0.4) is 0 Å². The molecule has 1 aromatic carbocycles. The fraction of sp³-hybridized carbons (Fsp3) is 0.389. The molecule has 1 aromatic heterocycles. The Kier molecular flexibility index (Phi) is 5.11. The van der Waals surface area contributed by atoms with Crippen LogP contribution in [0.5, 0.6) is 0 Å². The van der Waals surface area contributed by atoms with Crippen LogP contribution < -0.4 is 10.2 Å². The molecule has 0 fully saturated rings. The number of aryl methyl sites for hydroxylation is 2. The fourth-order valence-electron chi connectivity index (χ4n) is 2.95. The van der Waals surface area contributed by atoms with E-state index in [9.17, 15) is 14.0 Å². The summed E-state index contributed by atoms with van der Waals surface area (Å²) in [6, 6.07) is 7.96. The topological polar surface area (TPSA) is 67.2 Å². The largest absolute Gasteiger partial charge is 0.352 e. The van der Waals surface area contributed by atoms with Crippen molar-refractivity contribution in [1.82, 2.24) is 15.1 Å². The maximum absolute atomic E-state index is 13.1. The molecule has 1 aliphatic heterocycles. The van der Waals surface area contributed by atoms with Crippen LogP contribution in [0.25, 0.3) is 0 Å². The number of nitrogens with one attached hydrogen (secondary N) is 1. The van der Waals surface area contributed by atoms with Crippen molar-refractivity contribution < 1.29 is 14.0 Å². The van der Waals surface area contributed by atoms with Crippen LogP contribution in [-0.2, 0) is 22.7 Å². The Balaban J connectivity index is 1.50. The van der Waals surface area contributed by atoms with Crippen LogP contribution in [-0.4, -0.2) is 28.1 Å².